The van der Waals surface area contributed by atoms with Crippen molar-refractivity contribution in [2.75, 3.05) is 0 Å². The Labute approximate surface area is 170 Å². The number of carboxylic acids is 1. The molecule has 1 fully saturated rings. The van der Waals surface area contributed by atoms with E-state index >= 15 is 0 Å². The summed E-state index contributed by atoms with van der Waals surface area (Å²) in [6, 6.07) is 16.0. The highest BCUT2D eigenvalue weighted by Crippen LogP contribution is 2.47. The summed E-state index contributed by atoms with van der Waals surface area (Å²) >= 11 is 8.34. The Bertz CT molecular complexity index is 1000. The first-order chi connectivity index (χ1) is 12.5. The molecular formula is C21H17ClINO2. The maximum Gasteiger partial charge on any atom is 0.338 e. The van der Waals surface area contributed by atoms with Gasteiger partial charge in [-0.2, -0.15) is 0 Å². The van der Waals surface area contributed by atoms with Gasteiger partial charge in [-0.05, 0) is 77.7 Å². The molecule has 1 aliphatic carbocycles. The van der Waals surface area contributed by atoms with E-state index in [1.807, 2.05) is 55.5 Å². The molecule has 0 bridgehead atoms. The lowest BCUT2D eigenvalue weighted by molar-refractivity contribution is 0.0697. The van der Waals surface area contributed by atoms with E-state index in [4.69, 9.17) is 11.6 Å². The van der Waals surface area contributed by atoms with Crippen molar-refractivity contribution in [1.82, 2.24) is 4.57 Å². The average Bonchev–Trinajstić information content (AvgIpc) is 3.38. The molecule has 1 saturated carbocycles. The van der Waals surface area contributed by atoms with Crippen molar-refractivity contribution >= 4 is 40.2 Å². The first-order valence-corrected chi connectivity index (χ1v) is 9.93. The van der Waals surface area contributed by atoms with Crippen LogP contribution in [0.15, 0.2) is 48.5 Å². The number of rotatable bonds is 4. The molecule has 5 heteroatoms. The van der Waals surface area contributed by atoms with Crippen LogP contribution in [0.25, 0.3) is 22.4 Å². The molecule has 3 aromatic rings. The second-order valence-electron chi connectivity index (χ2n) is 6.61. The number of aromatic carboxylic acids is 1. The zero-order chi connectivity index (χ0) is 18.4. The monoisotopic (exact) mass is 477 g/mol. The van der Waals surface area contributed by atoms with Crippen LogP contribution in [-0.4, -0.2) is 15.6 Å². The molecule has 0 unspecified atom stereocenters. The summed E-state index contributed by atoms with van der Waals surface area (Å²) in [4.78, 5) is 12.2. The van der Waals surface area contributed by atoms with E-state index in [2.05, 4.69) is 27.2 Å². The minimum Gasteiger partial charge on any atom is -0.478 e. The summed E-state index contributed by atoms with van der Waals surface area (Å²) in [7, 11) is 0. The number of nitrogens with zero attached hydrogens (tertiary/aromatic N) is 1. The van der Waals surface area contributed by atoms with Crippen molar-refractivity contribution in [3.05, 3.63) is 68.4 Å². The SMILES string of the molecule is Cc1c(C(=O)O)c(-c2cccc(I)c2)c(-c2ccc(Cl)cc2)n1C1CC1. The molecule has 1 aromatic heterocycles. The third-order valence-electron chi connectivity index (χ3n) is 4.81. The van der Waals surface area contributed by atoms with Gasteiger partial charge in [-0.1, -0.05) is 35.9 Å². The van der Waals surface area contributed by atoms with E-state index in [0.717, 1.165) is 44.5 Å². The molecule has 0 saturated heterocycles. The fourth-order valence-corrected chi connectivity index (χ4v) is 4.24. The Morgan fingerprint density at radius 3 is 2.42 bits per heavy atom. The van der Waals surface area contributed by atoms with Crippen molar-refractivity contribution in [2.45, 2.75) is 25.8 Å². The van der Waals surface area contributed by atoms with E-state index in [0.29, 0.717) is 16.6 Å². The minimum atomic E-state index is -0.883. The molecule has 26 heavy (non-hydrogen) atoms. The van der Waals surface area contributed by atoms with E-state index in [9.17, 15) is 9.90 Å². The molecule has 2 aromatic carbocycles. The van der Waals surface area contributed by atoms with Crippen molar-refractivity contribution < 1.29 is 9.90 Å². The lowest BCUT2D eigenvalue weighted by atomic mass is 9.97. The van der Waals surface area contributed by atoms with Gasteiger partial charge in [0.15, 0.2) is 0 Å². The summed E-state index contributed by atoms with van der Waals surface area (Å²) < 4.78 is 3.29. The Morgan fingerprint density at radius 1 is 1.15 bits per heavy atom. The third kappa shape index (κ3) is 3.05. The van der Waals surface area contributed by atoms with Gasteiger partial charge in [-0.15, -0.1) is 0 Å². The molecule has 4 rings (SSSR count). The highest BCUT2D eigenvalue weighted by atomic mass is 127. The van der Waals surface area contributed by atoms with Crippen LogP contribution in [-0.2, 0) is 0 Å². The zero-order valence-corrected chi connectivity index (χ0v) is 17.1. The summed E-state index contributed by atoms with van der Waals surface area (Å²) in [5.74, 6) is -0.883. The van der Waals surface area contributed by atoms with Crippen LogP contribution in [0.1, 0.15) is 34.9 Å². The first-order valence-electron chi connectivity index (χ1n) is 8.47. The Morgan fingerprint density at radius 2 is 1.85 bits per heavy atom. The van der Waals surface area contributed by atoms with Crippen LogP contribution >= 0.6 is 34.2 Å². The summed E-state index contributed by atoms with van der Waals surface area (Å²) in [6.45, 7) is 1.92. The van der Waals surface area contributed by atoms with E-state index in [1.54, 1.807) is 0 Å². The number of hydrogen-bond donors (Lipinski definition) is 1. The maximum absolute atomic E-state index is 12.2. The molecule has 132 valence electrons. The number of hydrogen-bond acceptors (Lipinski definition) is 1. The van der Waals surface area contributed by atoms with Gasteiger partial charge in [0.25, 0.3) is 0 Å². The van der Waals surface area contributed by atoms with Gasteiger partial charge >= 0.3 is 5.97 Å². The van der Waals surface area contributed by atoms with Gasteiger partial charge < -0.3 is 9.67 Å². The molecule has 0 radical (unpaired) electrons. The third-order valence-corrected chi connectivity index (χ3v) is 5.73. The lowest BCUT2D eigenvalue weighted by Gasteiger charge is -2.13. The summed E-state index contributed by atoms with van der Waals surface area (Å²) in [5, 5.41) is 10.6. The lowest BCUT2D eigenvalue weighted by Crippen LogP contribution is -2.02. The average molecular weight is 478 g/mol. The molecule has 0 amide bonds. The Kier molecular flexibility index (Phi) is 4.57. The van der Waals surface area contributed by atoms with Crippen molar-refractivity contribution in [2.24, 2.45) is 0 Å². The van der Waals surface area contributed by atoms with E-state index < -0.39 is 5.97 Å². The van der Waals surface area contributed by atoms with E-state index in [1.165, 1.54) is 0 Å². The number of halogens is 2. The van der Waals surface area contributed by atoms with Crippen LogP contribution in [0, 0.1) is 10.5 Å². The number of aromatic nitrogens is 1. The molecule has 0 atom stereocenters. The van der Waals surface area contributed by atoms with E-state index in [-0.39, 0.29) is 0 Å². The zero-order valence-electron chi connectivity index (χ0n) is 14.2. The predicted molar refractivity (Wildman–Crippen MR) is 113 cm³/mol. The Hall–Kier alpha value is -1.79. The molecule has 3 nitrogen and oxygen atoms in total. The van der Waals surface area contributed by atoms with Crippen molar-refractivity contribution in [3.63, 3.8) is 0 Å². The molecule has 1 heterocycles. The van der Waals surface area contributed by atoms with Crippen LogP contribution < -0.4 is 0 Å². The van der Waals surface area contributed by atoms with Gasteiger partial charge in [-0.25, -0.2) is 4.79 Å². The molecule has 0 spiro atoms. The van der Waals surface area contributed by atoms with Crippen molar-refractivity contribution in [3.8, 4) is 22.4 Å². The van der Waals surface area contributed by atoms with Crippen molar-refractivity contribution in [1.29, 1.82) is 0 Å². The number of carboxylic acid groups (broad SMARTS) is 1. The van der Waals surface area contributed by atoms with Gasteiger partial charge in [0.2, 0.25) is 0 Å². The number of benzene rings is 2. The van der Waals surface area contributed by atoms with Gasteiger partial charge in [0, 0.05) is 25.9 Å². The normalized spacial score (nSPS) is 13.8. The summed E-state index contributed by atoms with van der Waals surface area (Å²) in [5.41, 5.74) is 4.90. The molecule has 1 aliphatic rings. The second kappa shape index (κ2) is 6.74. The second-order valence-corrected chi connectivity index (χ2v) is 8.29. The summed E-state index contributed by atoms with van der Waals surface area (Å²) in [6.07, 6.45) is 2.17. The molecule has 0 aliphatic heterocycles. The van der Waals surface area contributed by atoms with Crippen LogP contribution in [0.3, 0.4) is 0 Å². The highest BCUT2D eigenvalue weighted by Gasteiger charge is 2.34. The smallest absolute Gasteiger partial charge is 0.338 e. The minimum absolute atomic E-state index is 0.371. The molecule has 1 N–H and O–H groups in total. The van der Waals surface area contributed by atoms with Gasteiger partial charge in [-0.3, -0.25) is 0 Å². The van der Waals surface area contributed by atoms with Crippen LogP contribution in [0.2, 0.25) is 5.02 Å². The fourth-order valence-electron chi connectivity index (χ4n) is 3.57. The van der Waals surface area contributed by atoms with Crippen LogP contribution in [0.5, 0.6) is 0 Å². The molecular weight excluding hydrogens is 461 g/mol. The Balaban J connectivity index is 2.08. The topological polar surface area (TPSA) is 42.2 Å². The van der Waals surface area contributed by atoms with Gasteiger partial charge in [0.05, 0.1) is 11.3 Å². The maximum atomic E-state index is 12.2. The number of carbonyl (C=O) groups is 1. The highest BCUT2D eigenvalue weighted by molar-refractivity contribution is 14.1. The first kappa shape index (κ1) is 17.6. The standard InChI is InChI=1S/C21H17ClINO2/c1-12-18(21(25)26)19(14-3-2-4-16(23)11-14)20(24(12)17-9-10-17)13-5-7-15(22)8-6-13/h2-8,11,17H,9-10H2,1H3,(H,25,26). The quantitative estimate of drug-likeness (QED) is 0.441. The fraction of sp³-hybridized carbons (Fsp3) is 0.190. The van der Waals surface area contributed by atoms with Gasteiger partial charge in [0.1, 0.15) is 0 Å². The predicted octanol–water partition coefficient (Wildman–Crippen LogP) is 6.42. The largest absolute Gasteiger partial charge is 0.478 e. The van der Waals surface area contributed by atoms with Crippen LogP contribution in [0.4, 0.5) is 0 Å².